The molecule has 0 amide bonds. The molecule has 3 heteroatoms. The van der Waals surface area contributed by atoms with Gasteiger partial charge in [0, 0.05) is 16.6 Å². The predicted octanol–water partition coefficient (Wildman–Crippen LogP) is 2.98. The Morgan fingerprint density at radius 1 is 1.47 bits per heavy atom. The van der Waals surface area contributed by atoms with Crippen LogP contribution < -0.4 is 0 Å². The molecule has 0 bridgehead atoms. The number of hydrogen-bond acceptors (Lipinski definition) is 1. The third-order valence-corrected chi connectivity index (χ3v) is 3.64. The first-order chi connectivity index (χ1) is 8.16. The fraction of sp³-hybridized carbons (Fsp3) is 0.357. The maximum atomic E-state index is 11.3. The molecule has 0 saturated heterocycles. The number of hydrogen-bond donors (Lipinski definition) is 2. The van der Waals surface area contributed by atoms with Gasteiger partial charge in [0.2, 0.25) is 0 Å². The van der Waals surface area contributed by atoms with Gasteiger partial charge in [-0.2, -0.15) is 0 Å². The Labute approximate surface area is 99.5 Å². The van der Waals surface area contributed by atoms with Crippen molar-refractivity contribution in [1.82, 2.24) is 4.98 Å². The first kappa shape index (κ1) is 10.4. The molecule has 2 N–H and O–H groups in total. The average molecular weight is 229 g/mol. The van der Waals surface area contributed by atoms with Crippen LogP contribution in [-0.4, -0.2) is 16.1 Å². The summed E-state index contributed by atoms with van der Waals surface area (Å²) in [6.07, 6.45) is 2.67. The number of aliphatic carboxylic acids is 1. The minimum Gasteiger partial charge on any atom is -0.481 e. The van der Waals surface area contributed by atoms with E-state index in [1.807, 2.05) is 13.0 Å². The van der Waals surface area contributed by atoms with Crippen molar-refractivity contribution in [1.29, 1.82) is 0 Å². The number of aryl methyl sites for hydroxylation is 2. The van der Waals surface area contributed by atoms with Crippen LogP contribution in [0, 0.1) is 6.92 Å². The van der Waals surface area contributed by atoms with Gasteiger partial charge in [-0.15, -0.1) is 0 Å². The highest BCUT2D eigenvalue weighted by atomic mass is 16.4. The van der Waals surface area contributed by atoms with E-state index in [0.717, 1.165) is 41.4 Å². The van der Waals surface area contributed by atoms with Gasteiger partial charge in [-0.3, -0.25) is 4.79 Å². The van der Waals surface area contributed by atoms with Crippen molar-refractivity contribution >= 4 is 16.9 Å². The summed E-state index contributed by atoms with van der Waals surface area (Å²) in [4.78, 5) is 14.7. The fourth-order valence-electron chi connectivity index (χ4n) is 2.85. The number of rotatable bonds is 1. The van der Waals surface area contributed by atoms with Crippen LogP contribution in [0.2, 0.25) is 0 Å². The Morgan fingerprint density at radius 3 is 3.06 bits per heavy atom. The lowest BCUT2D eigenvalue weighted by Crippen LogP contribution is -2.17. The lowest BCUT2D eigenvalue weighted by molar-refractivity contribution is -0.139. The molecule has 0 spiro atoms. The highest BCUT2D eigenvalue weighted by Crippen LogP contribution is 2.37. The van der Waals surface area contributed by atoms with Crippen molar-refractivity contribution in [3.63, 3.8) is 0 Å². The Morgan fingerprint density at radius 2 is 2.29 bits per heavy atom. The van der Waals surface area contributed by atoms with E-state index < -0.39 is 5.97 Å². The average Bonchev–Trinajstić information content (AvgIpc) is 2.66. The summed E-state index contributed by atoms with van der Waals surface area (Å²) in [5, 5.41) is 10.4. The van der Waals surface area contributed by atoms with Gasteiger partial charge in [-0.25, -0.2) is 0 Å². The van der Waals surface area contributed by atoms with E-state index in [0.29, 0.717) is 0 Å². The molecule has 1 heterocycles. The maximum absolute atomic E-state index is 11.3. The quantitative estimate of drug-likeness (QED) is 0.789. The molecule has 3 nitrogen and oxygen atoms in total. The van der Waals surface area contributed by atoms with Gasteiger partial charge in [-0.05, 0) is 43.9 Å². The molecule has 0 fully saturated rings. The first-order valence-electron chi connectivity index (χ1n) is 6.00. The summed E-state index contributed by atoms with van der Waals surface area (Å²) in [5.74, 6) is -1.04. The van der Waals surface area contributed by atoms with Gasteiger partial charge in [0.15, 0.2) is 0 Å². The van der Waals surface area contributed by atoms with Crippen LogP contribution in [0.3, 0.4) is 0 Å². The Bertz CT molecular complexity index is 598. The lowest BCUT2D eigenvalue weighted by atomic mass is 9.85. The number of carbonyl (C=O) groups is 1. The summed E-state index contributed by atoms with van der Waals surface area (Å²) in [6.45, 7) is 2.04. The third-order valence-electron chi connectivity index (χ3n) is 3.64. The Kier molecular flexibility index (Phi) is 2.21. The summed E-state index contributed by atoms with van der Waals surface area (Å²) < 4.78 is 0. The number of aromatic nitrogens is 1. The molecule has 17 heavy (non-hydrogen) atoms. The van der Waals surface area contributed by atoms with Crippen LogP contribution in [0.25, 0.3) is 10.9 Å². The van der Waals surface area contributed by atoms with Crippen molar-refractivity contribution in [2.24, 2.45) is 0 Å². The second-order valence-electron chi connectivity index (χ2n) is 4.85. The summed E-state index contributed by atoms with van der Waals surface area (Å²) in [7, 11) is 0. The van der Waals surface area contributed by atoms with Gasteiger partial charge in [0.25, 0.3) is 0 Å². The molecule has 1 aliphatic rings. The Hall–Kier alpha value is -1.77. The minimum absolute atomic E-state index is 0.339. The molecule has 1 unspecified atom stereocenters. The highest BCUT2D eigenvalue weighted by molar-refractivity contribution is 5.91. The van der Waals surface area contributed by atoms with Crippen molar-refractivity contribution in [2.75, 3.05) is 0 Å². The molecular weight excluding hydrogens is 214 g/mol. The van der Waals surface area contributed by atoms with E-state index in [1.54, 1.807) is 0 Å². The Balaban J connectivity index is 2.29. The van der Waals surface area contributed by atoms with E-state index in [4.69, 9.17) is 0 Å². The van der Waals surface area contributed by atoms with Gasteiger partial charge in [-0.1, -0.05) is 11.6 Å². The number of carboxylic acids is 1. The molecule has 3 rings (SSSR count). The number of carboxylic acid groups (broad SMARTS) is 1. The van der Waals surface area contributed by atoms with Crippen molar-refractivity contribution in [2.45, 2.75) is 32.1 Å². The number of H-pyrrole nitrogens is 1. The monoisotopic (exact) mass is 229 g/mol. The second kappa shape index (κ2) is 3.62. The fourth-order valence-corrected chi connectivity index (χ4v) is 2.85. The topological polar surface area (TPSA) is 53.1 Å². The molecule has 1 aromatic carbocycles. The van der Waals surface area contributed by atoms with Gasteiger partial charge < -0.3 is 10.1 Å². The second-order valence-corrected chi connectivity index (χ2v) is 4.85. The SMILES string of the molecule is Cc1ccc2[nH]c3c(c2c1)C(C(=O)O)CCC3. The number of fused-ring (bicyclic) bond motifs is 3. The highest BCUT2D eigenvalue weighted by Gasteiger charge is 2.29. The van der Waals surface area contributed by atoms with E-state index in [9.17, 15) is 9.90 Å². The van der Waals surface area contributed by atoms with Crippen LogP contribution in [0.5, 0.6) is 0 Å². The summed E-state index contributed by atoms with van der Waals surface area (Å²) in [6, 6.07) is 6.19. The molecule has 1 aromatic heterocycles. The molecule has 0 saturated carbocycles. The maximum Gasteiger partial charge on any atom is 0.311 e. The molecule has 88 valence electrons. The number of aromatic amines is 1. The zero-order chi connectivity index (χ0) is 12.0. The van der Waals surface area contributed by atoms with Gasteiger partial charge >= 0.3 is 5.97 Å². The van der Waals surface area contributed by atoms with Crippen LogP contribution >= 0.6 is 0 Å². The molecule has 0 aliphatic heterocycles. The normalized spacial score (nSPS) is 19.2. The van der Waals surface area contributed by atoms with Crippen molar-refractivity contribution in [3.8, 4) is 0 Å². The largest absolute Gasteiger partial charge is 0.481 e. The number of nitrogens with one attached hydrogen (secondary N) is 1. The third kappa shape index (κ3) is 1.54. The molecule has 0 radical (unpaired) electrons. The molecule has 1 aliphatic carbocycles. The minimum atomic E-state index is -0.701. The predicted molar refractivity (Wildman–Crippen MR) is 66.4 cm³/mol. The van der Waals surface area contributed by atoms with Crippen LogP contribution in [0.4, 0.5) is 0 Å². The molecule has 1 atom stereocenters. The molecule has 2 aromatic rings. The zero-order valence-corrected chi connectivity index (χ0v) is 9.79. The van der Waals surface area contributed by atoms with Crippen LogP contribution in [0.1, 0.15) is 35.6 Å². The lowest BCUT2D eigenvalue weighted by Gasteiger charge is -2.19. The van der Waals surface area contributed by atoms with Gasteiger partial charge in [0.05, 0.1) is 5.92 Å². The first-order valence-corrected chi connectivity index (χ1v) is 6.00. The van der Waals surface area contributed by atoms with E-state index in [2.05, 4.69) is 17.1 Å². The summed E-state index contributed by atoms with van der Waals surface area (Å²) >= 11 is 0. The van der Waals surface area contributed by atoms with Crippen LogP contribution in [0.15, 0.2) is 18.2 Å². The molecular formula is C14H15NO2. The van der Waals surface area contributed by atoms with E-state index in [-0.39, 0.29) is 5.92 Å². The van der Waals surface area contributed by atoms with E-state index in [1.165, 1.54) is 5.56 Å². The van der Waals surface area contributed by atoms with E-state index >= 15 is 0 Å². The van der Waals surface area contributed by atoms with Crippen LogP contribution in [-0.2, 0) is 11.2 Å². The standard InChI is InChI=1S/C14H15NO2/c1-8-5-6-11-10(7-8)13-9(14(16)17)3-2-4-12(13)15-11/h5-7,9,15H,2-4H2,1H3,(H,16,17). The summed E-state index contributed by atoms with van der Waals surface area (Å²) in [5.41, 5.74) is 4.37. The smallest absolute Gasteiger partial charge is 0.311 e. The number of benzene rings is 1. The van der Waals surface area contributed by atoms with Crippen molar-refractivity contribution < 1.29 is 9.90 Å². The van der Waals surface area contributed by atoms with Gasteiger partial charge in [0.1, 0.15) is 0 Å². The zero-order valence-electron chi connectivity index (χ0n) is 9.79. The van der Waals surface area contributed by atoms with Crippen molar-refractivity contribution in [3.05, 3.63) is 35.0 Å².